The van der Waals surface area contributed by atoms with Gasteiger partial charge in [0, 0.05) is 35.5 Å². The van der Waals surface area contributed by atoms with Crippen molar-refractivity contribution < 1.29 is 14.7 Å². The lowest BCUT2D eigenvalue weighted by Crippen LogP contribution is -2.25. The second-order valence-corrected chi connectivity index (χ2v) is 9.25. The lowest BCUT2D eigenvalue weighted by Gasteiger charge is -2.13. The zero-order chi connectivity index (χ0) is 24.5. The molecule has 1 aliphatic rings. The predicted octanol–water partition coefficient (Wildman–Crippen LogP) is 4.72. The van der Waals surface area contributed by atoms with E-state index in [4.69, 9.17) is 4.98 Å². The number of aromatic carboxylic acids is 1. The largest absolute Gasteiger partial charge is 0.476 e. The number of anilines is 1. The van der Waals surface area contributed by atoms with Crippen LogP contribution in [0.25, 0.3) is 28.2 Å². The number of imidazole rings is 1. The Bertz CT molecular complexity index is 1390. The molecule has 1 fully saturated rings. The molecule has 2 heterocycles. The summed E-state index contributed by atoms with van der Waals surface area (Å²) in [7, 11) is 0. The summed E-state index contributed by atoms with van der Waals surface area (Å²) in [6.07, 6.45) is 3.84. The summed E-state index contributed by atoms with van der Waals surface area (Å²) in [5.41, 5.74) is 3.60. The predicted molar refractivity (Wildman–Crippen MR) is 135 cm³/mol. The first-order valence-corrected chi connectivity index (χ1v) is 11.8. The maximum absolute atomic E-state index is 12.4. The maximum atomic E-state index is 12.4. The second-order valence-electron chi connectivity index (χ2n) is 9.25. The van der Waals surface area contributed by atoms with Gasteiger partial charge in [0.2, 0.25) is 0 Å². The van der Waals surface area contributed by atoms with E-state index in [1.54, 1.807) is 28.7 Å². The molecule has 0 spiro atoms. The van der Waals surface area contributed by atoms with Crippen LogP contribution in [0.1, 0.15) is 47.5 Å². The van der Waals surface area contributed by atoms with Gasteiger partial charge in [-0.1, -0.05) is 56.3 Å². The number of carbonyl (C=O) groups excluding carboxylic acids is 1. The van der Waals surface area contributed by atoms with E-state index < -0.39 is 5.97 Å². The molecule has 35 heavy (non-hydrogen) atoms. The summed E-state index contributed by atoms with van der Waals surface area (Å²) in [5.74, 6) is -0.365. The van der Waals surface area contributed by atoms with Crippen LogP contribution in [0.2, 0.25) is 0 Å². The molecule has 178 valence electrons. The molecule has 0 atom stereocenters. The van der Waals surface area contributed by atoms with Gasteiger partial charge in [0.1, 0.15) is 0 Å². The fourth-order valence-electron chi connectivity index (χ4n) is 3.92. The fraction of sp³-hybridized carbons (Fsp3) is 0.259. The molecule has 2 aromatic carbocycles. The number of hydrogen-bond donors (Lipinski definition) is 3. The monoisotopic (exact) mass is 469 g/mol. The standard InChI is InChI=1S/C27H27N5O3/c1-16(2)14-28-24-25-31-22(27(34)35)23(32(25)15-21(30-24)17-6-4-3-5-7-17)18-8-10-19(11-9-18)26(33)29-20-12-13-20/h3-11,15-16,20H,12-14H2,1-2H3,(H,28,30)(H,29,33)(H,34,35). The van der Waals surface area contributed by atoms with Gasteiger partial charge in [-0.15, -0.1) is 0 Å². The highest BCUT2D eigenvalue weighted by Crippen LogP contribution is 2.31. The minimum absolute atomic E-state index is 0.0696. The molecular weight excluding hydrogens is 442 g/mol. The quantitative estimate of drug-likeness (QED) is 0.345. The van der Waals surface area contributed by atoms with Gasteiger partial charge < -0.3 is 15.7 Å². The third kappa shape index (κ3) is 4.73. The number of carbonyl (C=O) groups is 2. The van der Waals surface area contributed by atoms with Crippen molar-refractivity contribution in [2.75, 3.05) is 11.9 Å². The molecular formula is C27H27N5O3. The third-order valence-corrected chi connectivity index (χ3v) is 5.89. The Labute approximate surface area is 203 Å². The number of nitrogens with zero attached hydrogens (tertiary/aromatic N) is 3. The van der Waals surface area contributed by atoms with Crippen molar-refractivity contribution in [3.8, 4) is 22.5 Å². The van der Waals surface area contributed by atoms with Gasteiger partial charge >= 0.3 is 5.97 Å². The molecule has 0 radical (unpaired) electrons. The summed E-state index contributed by atoms with van der Waals surface area (Å²) in [5, 5.41) is 16.3. The maximum Gasteiger partial charge on any atom is 0.356 e. The summed E-state index contributed by atoms with van der Waals surface area (Å²) < 4.78 is 1.78. The zero-order valence-electron chi connectivity index (χ0n) is 19.7. The SMILES string of the molecule is CC(C)CNc1nc(-c2ccccc2)cn2c(-c3ccc(C(=O)NC4CC4)cc3)c(C(=O)O)nc12. The average Bonchev–Trinajstić information content (AvgIpc) is 3.59. The van der Waals surface area contributed by atoms with E-state index in [2.05, 4.69) is 29.5 Å². The summed E-state index contributed by atoms with van der Waals surface area (Å²) in [4.78, 5) is 33.9. The Hall–Kier alpha value is -4.20. The van der Waals surface area contributed by atoms with Crippen molar-refractivity contribution in [1.82, 2.24) is 19.7 Å². The molecule has 8 heteroatoms. The topological polar surface area (TPSA) is 109 Å². The third-order valence-electron chi connectivity index (χ3n) is 5.89. The summed E-state index contributed by atoms with van der Waals surface area (Å²) in [6, 6.07) is 17.0. The number of carboxylic acid groups (broad SMARTS) is 1. The molecule has 0 unspecified atom stereocenters. The van der Waals surface area contributed by atoms with Crippen molar-refractivity contribution in [2.24, 2.45) is 5.92 Å². The van der Waals surface area contributed by atoms with Crippen molar-refractivity contribution in [3.63, 3.8) is 0 Å². The Morgan fingerprint density at radius 3 is 2.37 bits per heavy atom. The van der Waals surface area contributed by atoms with Crippen LogP contribution in [0.3, 0.4) is 0 Å². The van der Waals surface area contributed by atoms with Gasteiger partial charge in [0.05, 0.1) is 11.4 Å². The molecule has 0 aliphatic heterocycles. The van der Waals surface area contributed by atoms with Crippen LogP contribution >= 0.6 is 0 Å². The number of amides is 1. The van der Waals surface area contributed by atoms with E-state index in [1.807, 2.05) is 36.5 Å². The first-order valence-electron chi connectivity index (χ1n) is 11.8. The second kappa shape index (κ2) is 9.21. The number of hydrogen-bond acceptors (Lipinski definition) is 5. The van der Waals surface area contributed by atoms with Gasteiger partial charge in [-0.25, -0.2) is 14.8 Å². The van der Waals surface area contributed by atoms with Crippen LogP contribution < -0.4 is 10.6 Å². The molecule has 5 rings (SSSR count). The van der Waals surface area contributed by atoms with Crippen molar-refractivity contribution in [2.45, 2.75) is 32.7 Å². The minimum atomic E-state index is -1.13. The number of nitrogens with one attached hydrogen (secondary N) is 2. The van der Waals surface area contributed by atoms with Crippen LogP contribution in [0.4, 0.5) is 5.82 Å². The Morgan fingerprint density at radius 1 is 1.03 bits per heavy atom. The first-order chi connectivity index (χ1) is 16.9. The van der Waals surface area contributed by atoms with E-state index >= 15 is 0 Å². The van der Waals surface area contributed by atoms with E-state index in [0.29, 0.717) is 46.4 Å². The van der Waals surface area contributed by atoms with Crippen molar-refractivity contribution in [3.05, 3.63) is 72.1 Å². The highest BCUT2D eigenvalue weighted by atomic mass is 16.4. The van der Waals surface area contributed by atoms with E-state index in [9.17, 15) is 14.7 Å². The zero-order valence-corrected chi connectivity index (χ0v) is 19.7. The number of aromatic nitrogens is 3. The Morgan fingerprint density at radius 2 is 1.74 bits per heavy atom. The Kier molecular flexibility index (Phi) is 5.94. The number of carboxylic acids is 1. The number of fused-ring (bicyclic) bond motifs is 1. The molecule has 4 aromatic rings. The van der Waals surface area contributed by atoms with Gasteiger partial charge in [-0.2, -0.15) is 0 Å². The Balaban J connectivity index is 1.65. The smallest absolute Gasteiger partial charge is 0.356 e. The summed E-state index contributed by atoms with van der Waals surface area (Å²) in [6.45, 7) is 4.84. The van der Waals surface area contributed by atoms with Crippen LogP contribution in [-0.4, -0.2) is 43.9 Å². The van der Waals surface area contributed by atoms with Crippen molar-refractivity contribution >= 4 is 23.3 Å². The van der Waals surface area contributed by atoms with Gasteiger partial charge in [0.25, 0.3) is 5.91 Å². The highest BCUT2D eigenvalue weighted by Gasteiger charge is 2.25. The molecule has 0 saturated heterocycles. The first kappa shape index (κ1) is 22.6. The number of benzene rings is 2. The average molecular weight is 470 g/mol. The van der Waals surface area contributed by atoms with E-state index in [0.717, 1.165) is 18.4 Å². The van der Waals surface area contributed by atoms with Crippen LogP contribution in [-0.2, 0) is 0 Å². The molecule has 8 nitrogen and oxygen atoms in total. The molecule has 2 aromatic heterocycles. The van der Waals surface area contributed by atoms with Crippen LogP contribution in [0.5, 0.6) is 0 Å². The summed E-state index contributed by atoms with van der Waals surface area (Å²) >= 11 is 0. The molecule has 1 saturated carbocycles. The molecule has 1 aliphatic carbocycles. The molecule has 3 N–H and O–H groups in total. The number of rotatable bonds is 8. The van der Waals surface area contributed by atoms with Gasteiger partial charge in [-0.05, 0) is 30.9 Å². The van der Waals surface area contributed by atoms with Crippen LogP contribution in [0.15, 0.2) is 60.8 Å². The van der Waals surface area contributed by atoms with E-state index in [1.165, 1.54) is 0 Å². The lowest BCUT2D eigenvalue weighted by atomic mass is 10.1. The fourth-order valence-corrected chi connectivity index (χ4v) is 3.92. The highest BCUT2D eigenvalue weighted by molar-refractivity contribution is 5.97. The molecule has 0 bridgehead atoms. The normalized spacial score (nSPS) is 13.2. The van der Waals surface area contributed by atoms with Crippen molar-refractivity contribution in [1.29, 1.82) is 0 Å². The minimum Gasteiger partial charge on any atom is -0.476 e. The van der Waals surface area contributed by atoms with Crippen LogP contribution in [0, 0.1) is 5.92 Å². The molecule has 1 amide bonds. The van der Waals surface area contributed by atoms with Gasteiger partial charge in [-0.3, -0.25) is 9.20 Å². The van der Waals surface area contributed by atoms with E-state index in [-0.39, 0.29) is 17.6 Å². The van der Waals surface area contributed by atoms with Gasteiger partial charge in [0.15, 0.2) is 17.2 Å². The lowest BCUT2D eigenvalue weighted by molar-refractivity contribution is 0.0692.